The number of rotatable bonds is 3. The Morgan fingerprint density at radius 2 is 1.42 bits per heavy atom. The second kappa shape index (κ2) is 6.36. The standard InChI is InChI=1S/C24H28Si2/c1-25(2)17-16-23(26(3,4)22-12-6-5-7-13-22)24(25)21-15-14-19-10-8-9-11-20(19)18-21/h5-15,18H,16-17H2,1-4H3. The molecule has 0 saturated heterocycles. The number of benzene rings is 3. The molecule has 132 valence electrons. The summed E-state index contributed by atoms with van der Waals surface area (Å²) < 4.78 is 0. The summed E-state index contributed by atoms with van der Waals surface area (Å²) in [6.45, 7) is 10.2. The Morgan fingerprint density at radius 1 is 0.769 bits per heavy atom. The van der Waals surface area contributed by atoms with Gasteiger partial charge < -0.3 is 0 Å². The zero-order valence-corrected chi connectivity index (χ0v) is 18.3. The molecule has 26 heavy (non-hydrogen) atoms. The van der Waals surface area contributed by atoms with Gasteiger partial charge in [-0.15, -0.1) is 0 Å². The average Bonchev–Trinajstić information content (AvgIpc) is 2.98. The Bertz CT molecular complexity index is 981. The van der Waals surface area contributed by atoms with Gasteiger partial charge in [0.2, 0.25) is 0 Å². The molecule has 0 amide bonds. The molecule has 0 radical (unpaired) electrons. The van der Waals surface area contributed by atoms with Crippen LogP contribution in [-0.4, -0.2) is 16.1 Å². The molecule has 0 fully saturated rings. The maximum atomic E-state index is 2.57. The van der Waals surface area contributed by atoms with E-state index in [4.69, 9.17) is 0 Å². The van der Waals surface area contributed by atoms with Crippen LogP contribution in [0.1, 0.15) is 12.0 Å². The Kier molecular flexibility index (Phi) is 4.28. The van der Waals surface area contributed by atoms with Crippen molar-refractivity contribution < 1.29 is 0 Å². The van der Waals surface area contributed by atoms with Gasteiger partial charge in [-0.25, -0.2) is 0 Å². The zero-order valence-electron chi connectivity index (χ0n) is 16.3. The van der Waals surface area contributed by atoms with E-state index in [1.54, 1.807) is 15.6 Å². The highest BCUT2D eigenvalue weighted by molar-refractivity contribution is 7.04. The third kappa shape index (κ3) is 2.91. The average molecular weight is 373 g/mol. The third-order valence-corrected chi connectivity index (χ3v) is 13.7. The molecule has 0 aromatic heterocycles. The van der Waals surface area contributed by atoms with Gasteiger partial charge in [0.05, 0.1) is 8.07 Å². The van der Waals surface area contributed by atoms with Crippen LogP contribution in [0, 0.1) is 0 Å². The van der Waals surface area contributed by atoms with E-state index in [1.807, 2.05) is 0 Å². The van der Waals surface area contributed by atoms with E-state index in [0.717, 1.165) is 0 Å². The number of hydrogen-bond acceptors (Lipinski definition) is 0. The summed E-state index contributed by atoms with van der Waals surface area (Å²) >= 11 is 0. The van der Waals surface area contributed by atoms with Gasteiger partial charge in [0.25, 0.3) is 0 Å². The van der Waals surface area contributed by atoms with Gasteiger partial charge in [0.15, 0.2) is 0 Å². The lowest BCUT2D eigenvalue weighted by molar-refractivity contribution is 1.17. The SMILES string of the molecule is C[Si]1(C)CCC([Si](C)(C)c2ccccc2)=C1c1ccc2ccccc2c1. The lowest BCUT2D eigenvalue weighted by atomic mass is 10.1. The van der Waals surface area contributed by atoms with Crippen LogP contribution in [0.25, 0.3) is 16.0 Å². The number of hydrogen-bond donors (Lipinski definition) is 0. The molecule has 0 nitrogen and oxygen atoms in total. The first-order valence-electron chi connectivity index (χ1n) is 9.68. The first-order chi connectivity index (χ1) is 12.4. The lowest BCUT2D eigenvalue weighted by Gasteiger charge is -2.29. The minimum atomic E-state index is -1.63. The first kappa shape index (κ1) is 17.5. The maximum Gasteiger partial charge on any atom is 0.107 e. The normalized spacial score (nSPS) is 17.1. The Labute approximate surface area is 159 Å². The molecule has 4 rings (SSSR count). The summed E-state index contributed by atoms with van der Waals surface area (Å²) in [5.41, 5.74) is 1.49. The van der Waals surface area contributed by atoms with Crippen molar-refractivity contribution in [2.75, 3.05) is 0 Å². The van der Waals surface area contributed by atoms with Crippen LogP contribution < -0.4 is 5.19 Å². The minimum Gasteiger partial charge on any atom is -0.0764 e. The molecular weight excluding hydrogens is 344 g/mol. The topological polar surface area (TPSA) is 0 Å². The largest absolute Gasteiger partial charge is 0.107 e. The van der Waals surface area contributed by atoms with Crippen molar-refractivity contribution in [2.45, 2.75) is 38.7 Å². The van der Waals surface area contributed by atoms with Crippen molar-refractivity contribution in [1.82, 2.24) is 0 Å². The summed E-state index contributed by atoms with van der Waals surface area (Å²) in [7, 11) is -3.02. The van der Waals surface area contributed by atoms with E-state index in [2.05, 4.69) is 99.0 Å². The third-order valence-electron chi connectivity index (χ3n) is 6.27. The molecule has 1 aliphatic rings. The Morgan fingerprint density at radius 3 is 2.15 bits per heavy atom. The quantitative estimate of drug-likeness (QED) is 0.467. The fraction of sp³-hybridized carbons (Fsp3) is 0.250. The molecule has 1 heterocycles. The smallest absolute Gasteiger partial charge is 0.0764 e. The second-order valence-corrected chi connectivity index (χ2v) is 18.0. The van der Waals surface area contributed by atoms with Crippen LogP contribution in [0.5, 0.6) is 0 Å². The number of fused-ring (bicyclic) bond motifs is 1. The molecule has 3 aromatic carbocycles. The van der Waals surface area contributed by atoms with E-state index in [-0.39, 0.29) is 0 Å². The van der Waals surface area contributed by atoms with Gasteiger partial charge in [-0.3, -0.25) is 0 Å². The van der Waals surface area contributed by atoms with Crippen LogP contribution in [0.3, 0.4) is 0 Å². The predicted octanol–water partition coefficient (Wildman–Crippen LogP) is 6.40. The van der Waals surface area contributed by atoms with Crippen molar-refractivity contribution in [1.29, 1.82) is 0 Å². The van der Waals surface area contributed by atoms with Crippen molar-refractivity contribution in [3.63, 3.8) is 0 Å². The Balaban J connectivity index is 1.92. The second-order valence-electron chi connectivity index (χ2n) is 8.79. The molecule has 0 bridgehead atoms. The van der Waals surface area contributed by atoms with Crippen molar-refractivity contribution in [3.05, 3.63) is 83.6 Å². The molecule has 1 aliphatic heterocycles. The van der Waals surface area contributed by atoms with Crippen molar-refractivity contribution >= 4 is 37.3 Å². The van der Waals surface area contributed by atoms with Crippen LogP contribution >= 0.6 is 0 Å². The van der Waals surface area contributed by atoms with Crippen molar-refractivity contribution in [2.24, 2.45) is 0 Å². The minimum absolute atomic E-state index is 1.30. The summed E-state index contributed by atoms with van der Waals surface area (Å²) in [6, 6.07) is 28.5. The van der Waals surface area contributed by atoms with Gasteiger partial charge in [0, 0.05) is 0 Å². The molecule has 0 aliphatic carbocycles. The van der Waals surface area contributed by atoms with E-state index < -0.39 is 16.1 Å². The van der Waals surface area contributed by atoms with Crippen LogP contribution in [0.4, 0.5) is 0 Å². The van der Waals surface area contributed by atoms with E-state index >= 15 is 0 Å². The first-order valence-corrected chi connectivity index (χ1v) is 15.9. The molecule has 2 heteroatoms. The van der Waals surface area contributed by atoms with Gasteiger partial charge in [0.1, 0.15) is 8.07 Å². The van der Waals surface area contributed by atoms with Gasteiger partial charge in [-0.1, -0.05) is 115 Å². The summed E-state index contributed by atoms with van der Waals surface area (Å²) in [6.07, 6.45) is 1.30. The zero-order chi connectivity index (χ0) is 18.4. The molecule has 0 saturated carbocycles. The highest BCUT2D eigenvalue weighted by Crippen LogP contribution is 2.45. The molecular formula is C24H28Si2. The maximum absolute atomic E-state index is 2.57. The van der Waals surface area contributed by atoms with E-state index in [1.165, 1.54) is 28.8 Å². The summed E-state index contributed by atoms with van der Waals surface area (Å²) in [4.78, 5) is 0. The van der Waals surface area contributed by atoms with Crippen molar-refractivity contribution in [3.8, 4) is 0 Å². The van der Waals surface area contributed by atoms with Gasteiger partial charge >= 0.3 is 0 Å². The lowest BCUT2D eigenvalue weighted by Crippen LogP contribution is -2.44. The van der Waals surface area contributed by atoms with Crippen LogP contribution in [0.2, 0.25) is 32.2 Å². The molecule has 0 spiro atoms. The Hall–Kier alpha value is -1.91. The fourth-order valence-electron chi connectivity index (χ4n) is 4.66. The van der Waals surface area contributed by atoms with Crippen LogP contribution in [-0.2, 0) is 0 Å². The molecule has 0 atom stereocenters. The highest BCUT2D eigenvalue weighted by atomic mass is 28.3. The van der Waals surface area contributed by atoms with Crippen LogP contribution in [0.15, 0.2) is 78.0 Å². The van der Waals surface area contributed by atoms with Gasteiger partial charge in [-0.2, -0.15) is 0 Å². The predicted molar refractivity (Wildman–Crippen MR) is 121 cm³/mol. The summed E-state index contributed by atoms with van der Waals surface area (Å²) in [5.74, 6) is 0. The van der Waals surface area contributed by atoms with E-state index in [9.17, 15) is 0 Å². The van der Waals surface area contributed by atoms with Gasteiger partial charge in [-0.05, 0) is 28.8 Å². The fourth-order valence-corrected chi connectivity index (χ4v) is 12.8. The number of allylic oxidation sites excluding steroid dienone is 1. The van der Waals surface area contributed by atoms with E-state index in [0.29, 0.717) is 0 Å². The summed E-state index contributed by atoms with van der Waals surface area (Å²) in [5, 5.41) is 7.84. The highest BCUT2D eigenvalue weighted by Gasteiger charge is 2.41. The molecule has 3 aromatic rings. The molecule has 0 N–H and O–H groups in total. The molecule has 0 unspecified atom stereocenters. The monoisotopic (exact) mass is 372 g/mol.